The summed E-state index contributed by atoms with van der Waals surface area (Å²) in [6.07, 6.45) is 3.06. The van der Waals surface area contributed by atoms with Crippen LogP contribution < -0.4 is 4.74 Å². The van der Waals surface area contributed by atoms with Gasteiger partial charge >= 0.3 is 0 Å². The SMILES string of the molecule is CC(C)c1nc(-c2ccc(Oc3ccc(CCC(O)CCO)cc3)cc2)co1. The molecule has 0 aliphatic carbocycles. The Labute approximate surface area is 165 Å². The Bertz CT molecular complexity index is 853. The van der Waals surface area contributed by atoms with E-state index in [9.17, 15) is 5.11 Å². The van der Waals surface area contributed by atoms with Crippen LogP contribution in [-0.2, 0) is 6.42 Å². The Hall–Kier alpha value is -2.63. The first-order valence-corrected chi connectivity index (χ1v) is 9.66. The van der Waals surface area contributed by atoms with E-state index >= 15 is 0 Å². The second-order valence-electron chi connectivity index (χ2n) is 7.20. The maximum Gasteiger partial charge on any atom is 0.197 e. The minimum absolute atomic E-state index is 0.0162. The van der Waals surface area contributed by atoms with Crippen molar-refractivity contribution in [1.29, 1.82) is 0 Å². The van der Waals surface area contributed by atoms with Crippen molar-refractivity contribution in [3.05, 3.63) is 66.2 Å². The highest BCUT2D eigenvalue weighted by Crippen LogP contribution is 2.27. The number of benzene rings is 2. The molecule has 3 aromatic rings. The van der Waals surface area contributed by atoms with E-state index in [1.165, 1.54) is 0 Å². The standard InChI is InChI=1S/C23H27NO4/c1-16(2)23-24-22(15-27-23)18-6-11-21(12-7-18)28-20-9-4-17(5-10-20)3-8-19(26)13-14-25/h4-7,9-12,15-16,19,25-26H,3,8,13-14H2,1-2H3. The summed E-state index contributed by atoms with van der Waals surface area (Å²) in [5.74, 6) is 2.51. The summed E-state index contributed by atoms with van der Waals surface area (Å²) >= 11 is 0. The molecule has 2 aromatic carbocycles. The van der Waals surface area contributed by atoms with Gasteiger partial charge < -0.3 is 19.4 Å². The number of aliphatic hydroxyl groups excluding tert-OH is 2. The fourth-order valence-electron chi connectivity index (χ4n) is 2.87. The summed E-state index contributed by atoms with van der Waals surface area (Å²) < 4.78 is 11.4. The van der Waals surface area contributed by atoms with Crippen LogP contribution in [0.25, 0.3) is 11.3 Å². The number of rotatable bonds is 9. The van der Waals surface area contributed by atoms with Crippen molar-refractivity contribution in [3.8, 4) is 22.8 Å². The van der Waals surface area contributed by atoms with E-state index in [0.29, 0.717) is 12.8 Å². The Morgan fingerprint density at radius 3 is 2.18 bits per heavy atom. The molecule has 1 atom stereocenters. The fourth-order valence-corrected chi connectivity index (χ4v) is 2.87. The van der Waals surface area contributed by atoms with Crippen LogP contribution in [-0.4, -0.2) is 27.9 Å². The lowest BCUT2D eigenvalue weighted by molar-refractivity contribution is 0.125. The van der Waals surface area contributed by atoms with Crippen LogP contribution in [0.3, 0.4) is 0 Å². The third kappa shape index (κ3) is 5.44. The number of aryl methyl sites for hydroxylation is 1. The maximum atomic E-state index is 9.70. The van der Waals surface area contributed by atoms with Gasteiger partial charge in [0, 0.05) is 18.1 Å². The van der Waals surface area contributed by atoms with E-state index in [4.69, 9.17) is 14.3 Å². The average molecular weight is 381 g/mol. The van der Waals surface area contributed by atoms with Crippen molar-refractivity contribution in [3.63, 3.8) is 0 Å². The number of hydrogen-bond acceptors (Lipinski definition) is 5. The highest BCUT2D eigenvalue weighted by Gasteiger charge is 2.09. The van der Waals surface area contributed by atoms with E-state index < -0.39 is 6.10 Å². The first-order chi connectivity index (χ1) is 13.5. The Morgan fingerprint density at radius 1 is 0.964 bits per heavy atom. The van der Waals surface area contributed by atoms with Gasteiger partial charge in [0.1, 0.15) is 23.5 Å². The number of aromatic nitrogens is 1. The lowest BCUT2D eigenvalue weighted by Crippen LogP contribution is -2.09. The van der Waals surface area contributed by atoms with Crippen molar-refractivity contribution in [1.82, 2.24) is 4.98 Å². The molecule has 0 radical (unpaired) electrons. The van der Waals surface area contributed by atoms with Gasteiger partial charge in [-0.2, -0.15) is 0 Å². The van der Waals surface area contributed by atoms with Crippen molar-refractivity contribution in [2.75, 3.05) is 6.61 Å². The van der Waals surface area contributed by atoms with Crippen LogP contribution in [0, 0.1) is 0 Å². The molecule has 5 nitrogen and oxygen atoms in total. The highest BCUT2D eigenvalue weighted by molar-refractivity contribution is 5.59. The van der Waals surface area contributed by atoms with Crippen LogP contribution >= 0.6 is 0 Å². The van der Waals surface area contributed by atoms with Gasteiger partial charge in [-0.3, -0.25) is 0 Å². The third-order valence-electron chi connectivity index (χ3n) is 4.55. The topological polar surface area (TPSA) is 75.7 Å². The van der Waals surface area contributed by atoms with Crippen LogP contribution in [0.2, 0.25) is 0 Å². The number of hydrogen-bond donors (Lipinski definition) is 2. The van der Waals surface area contributed by atoms with Crippen LogP contribution in [0.5, 0.6) is 11.5 Å². The molecule has 2 N–H and O–H groups in total. The molecule has 0 amide bonds. The Balaban J connectivity index is 1.57. The largest absolute Gasteiger partial charge is 0.457 e. The van der Waals surface area contributed by atoms with Crippen LogP contribution in [0.4, 0.5) is 0 Å². The van der Waals surface area contributed by atoms with E-state index in [-0.39, 0.29) is 12.5 Å². The van der Waals surface area contributed by atoms with Gasteiger partial charge in [-0.05, 0) is 61.2 Å². The molecule has 1 heterocycles. The summed E-state index contributed by atoms with van der Waals surface area (Å²) in [6, 6.07) is 15.6. The minimum Gasteiger partial charge on any atom is -0.457 e. The lowest BCUT2D eigenvalue weighted by Gasteiger charge is -2.10. The Morgan fingerprint density at radius 2 is 1.61 bits per heavy atom. The molecule has 0 aliphatic rings. The summed E-state index contributed by atoms with van der Waals surface area (Å²) in [7, 11) is 0. The molecule has 0 saturated heterocycles. The van der Waals surface area contributed by atoms with Gasteiger partial charge in [0.2, 0.25) is 0 Å². The van der Waals surface area contributed by atoms with E-state index in [1.54, 1.807) is 6.26 Å². The van der Waals surface area contributed by atoms with Gasteiger partial charge in [-0.25, -0.2) is 4.98 Å². The van der Waals surface area contributed by atoms with Gasteiger partial charge in [-0.15, -0.1) is 0 Å². The smallest absolute Gasteiger partial charge is 0.197 e. The second kappa shape index (κ2) is 9.53. The quantitative estimate of drug-likeness (QED) is 0.549. The van der Waals surface area contributed by atoms with Crippen LogP contribution in [0.1, 0.15) is 44.1 Å². The summed E-state index contributed by atoms with van der Waals surface area (Å²) in [4.78, 5) is 4.51. The summed E-state index contributed by atoms with van der Waals surface area (Å²) in [5, 5.41) is 18.5. The molecule has 0 saturated carbocycles. The molecule has 148 valence electrons. The van der Waals surface area contributed by atoms with Gasteiger partial charge in [0.15, 0.2) is 5.89 Å². The van der Waals surface area contributed by atoms with Gasteiger partial charge in [-0.1, -0.05) is 26.0 Å². The monoisotopic (exact) mass is 381 g/mol. The number of oxazole rings is 1. The van der Waals surface area contributed by atoms with Crippen molar-refractivity contribution in [2.24, 2.45) is 0 Å². The predicted molar refractivity (Wildman–Crippen MR) is 109 cm³/mol. The second-order valence-corrected chi connectivity index (χ2v) is 7.20. The normalized spacial score (nSPS) is 12.3. The highest BCUT2D eigenvalue weighted by atomic mass is 16.5. The molecule has 0 spiro atoms. The van der Waals surface area contributed by atoms with E-state index in [1.807, 2.05) is 48.5 Å². The molecule has 0 bridgehead atoms. The molecule has 28 heavy (non-hydrogen) atoms. The molecule has 1 aromatic heterocycles. The van der Waals surface area contributed by atoms with E-state index in [2.05, 4.69) is 18.8 Å². The number of nitrogens with zero attached hydrogens (tertiary/aromatic N) is 1. The summed E-state index contributed by atoms with van der Waals surface area (Å²) in [6.45, 7) is 4.12. The van der Waals surface area contributed by atoms with Crippen molar-refractivity contribution in [2.45, 2.75) is 45.1 Å². The average Bonchev–Trinajstić information content (AvgIpc) is 3.19. The molecule has 3 rings (SSSR count). The predicted octanol–water partition coefficient (Wildman–Crippen LogP) is 4.93. The van der Waals surface area contributed by atoms with E-state index in [0.717, 1.165) is 40.6 Å². The van der Waals surface area contributed by atoms with Crippen molar-refractivity contribution >= 4 is 0 Å². The molecule has 0 fully saturated rings. The van der Waals surface area contributed by atoms with Gasteiger partial charge in [0.25, 0.3) is 0 Å². The first-order valence-electron chi connectivity index (χ1n) is 9.66. The van der Waals surface area contributed by atoms with Crippen LogP contribution in [0.15, 0.2) is 59.2 Å². The lowest BCUT2D eigenvalue weighted by atomic mass is 10.1. The van der Waals surface area contributed by atoms with Gasteiger partial charge in [0.05, 0.1) is 6.10 Å². The molecule has 1 unspecified atom stereocenters. The third-order valence-corrected chi connectivity index (χ3v) is 4.55. The molecule has 5 heteroatoms. The number of aliphatic hydroxyl groups is 2. The zero-order valence-electron chi connectivity index (χ0n) is 16.3. The molecular weight excluding hydrogens is 354 g/mol. The minimum atomic E-state index is -0.458. The zero-order chi connectivity index (χ0) is 19.9. The maximum absolute atomic E-state index is 9.70. The zero-order valence-corrected chi connectivity index (χ0v) is 16.3. The number of ether oxygens (including phenoxy) is 1. The summed E-state index contributed by atoms with van der Waals surface area (Å²) in [5.41, 5.74) is 2.94. The fraction of sp³-hybridized carbons (Fsp3) is 0.348. The van der Waals surface area contributed by atoms with Crippen molar-refractivity contribution < 1.29 is 19.4 Å². The molecule has 0 aliphatic heterocycles. The molecular formula is C23H27NO4. The Kier molecular flexibility index (Phi) is 6.85. The first kappa shape index (κ1) is 20.1.